The molecule has 5 nitrogen and oxygen atoms in total. The summed E-state index contributed by atoms with van der Waals surface area (Å²) in [7, 11) is -3.49. The molecule has 1 aromatic rings. The summed E-state index contributed by atoms with van der Waals surface area (Å²) >= 11 is 0. The second-order valence-electron chi connectivity index (χ2n) is 4.15. The zero-order valence-corrected chi connectivity index (χ0v) is 11.6. The molecule has 96 valence electrons. The number of H-pyrrole nitrogens is 1. The molecule has 1 rings (SSSR count). The number of aromatic nitrogens is 2. The first-order valence-electron chi connectivity index (χ1n) is 5.46. The summed E-state index contributed by atoms with van der Waals surface area (Å²) in [5, 5.41) is 6.62. The van der Waals surface area contributed by atoms with E-state index in [0.717, 1.165) is 5.57 Å². The van der Waals surface area contributed by atoms with Crippen molar-refractivity contribution >= 4 is 10.0 Å². The first-order chi connectivity index (χ1) is 7.80. The summed E-state index contributed by atoms with van der Waals surface area (Å²) in [5.41, 5.74) is 1.89. The highest BCUT2D eigenvalue weighted by molar-refractivity contribution is 7.89. The van der Waals surface area contributed by atoms with E-state index >= 15 is 0 Å². The molecule has 0 bridgehead atoms. The van der Waals surface area contributed by atoms with Crippen LogP contribution in [0.3, 0.4) is 0 Å². The van der Waals surface area contributed by atoms with Crippen LogP contribution in [-0.4, -0.2) is 36.0 Å². The molecule has 0 fully saturated rings. The predicted octanol–water partition coefficient (Wildman–Crippen LogP) is 1.61. The van der Waals surface area contributed by atoms with Crippen molar-refractivity contribution in [3.05, 3.63) is 23.5 Å². The Bertz CT molecular complexity index is 497. The Morgan fingerprint density at radius 2 is 2.06 bits per heavy atom. The average molecular weight is 257 g/mol. The summed E-state index contributed by atoms with van der Waals surface area (Å²) < 4.78 is 26.3. The molecule has 6 heteroatoms. The SMILES string of the molecule is C=C(C)CN(CC)S(=O)(=O)c1c(C)n[nH]c1C. The molecule has 1 aromatic heterocycles. The summed E-state index contributed by atoms with van der Waals surface area (Å²) in [6, 6.07) is 0. The molecule has 0 aliphatic heterocycles. The quantitative estimate of drug-likeness (QED) is 0.815. The summed E-state index contributed by atoms with van der Waals surface area (Å²) in [6.45, 7) is 11.5. The lowest BCUT2D eigenvalue weighted by atomic mass is 10.3. The number of hydrogen-bond acceptors (Lipinski definition) is 3. The van der Waals surface area contributed by atoms with Gasteiger partial charge in [-0.1, -0.05) is 19.1 Å². The van der Waals surface area contributed by atoms with Gasteiger partial charge in [-0.15, -0.1) is 0 Å². The van der Waals surface area contributed by atoms with Gasteiger partial charge in [0, 0.05) is 13.1 Å². The molecule has 0 saturated heterocycles. The standard InChI is InChI=1S/C11H19N3O2S/c1-6-14(7-8(2)3)17(15,16)11-9(4)12-13-10(11)5/h2,6-7H2,1,3-5H3,(H,12,13). The van der Waals surface area contributed by atoms with Crippen LogP contribution < -0.4 is 0 Å². The third-order valence-corrected chi connectivity index (χ3v) is 4.64. The van der Waals surface area contributed by atoms with Crippen molar-refractivity contribution in [1.82, 2.24) is 14.5 Å². The van der Waals surface area contributed by atoms with Crippen LogP contribution in [0.4, 0.5) is 0 Å². The first kappa shape index (κ1) is 13.9. The van der Waals surface area contributed by atoms with Crippen LogP contribution in [0.2, 0.25) is 0 Å². The Hall–Kier alpha value is -1.14. The lowest BCUT2D eigenvalue weighted by Gasteiger charge is -2.20. The zero-order chi connectivity index (χ0) is 13.2. The van der Waals surface area contributed by atoms with Crippen LogP contribution in [0.25, 0.3) is 0 Å². The molecule has 0 radical (unpaired) electrons. The van der Waals surface area contributed by atoms with Crippen molar-refractivity contribution in [2.45, 2.75) is 32.6 Å². The lowest BCUT2D eigenvalue weighted by molar-refractivity contribution is 0.452. The Kier molecular flexibility index (Phi) is 4.11. The number of nitrogens with zero attached hydrogens (tertiary/aromatic N) is 2. The van der Waals surface area contributed by atoms with Crippen LogP contribution in [-0.2, 0) is 10.0 Å². The number of hydrogen-bond donors (Lipinski definition) is 1. The number of rotatable bonds is 5. The average Bonchev–Trinajstić information content (AvgIpc) is 2.54. The third-order valence-electron chi connectivity index (χ3n) is 2.46. The molecule has 0 aromatic carbocycles. The summed E-state index contributed by atoms with van der Waals surface area (Å²) in [5.74, 6) is 0. The van der Waals surface area contributed by atoms with E-state index in [1.165, 1.54) is 4.31 Å². The predicted molar refractivity (Wildman–Crippen MR) is 67.3 cm³/mol. The van der Waals surface area contributed by atoms with Crippen molar-refractivity contribution in [1.29, 1.82) is 0 Å². The van der Waals surface area contributed by atoms with Crippen molar-refractivity contribution < 1.29 is 8.42 Å². The largest absolute Gasteiger partial charge is 0.281 e. The fourth-order valence-corrected chi connectivity index (χ4v) is 3.56. The molecule has 0 spiro atoms. The van der Waals surface area contributed by atoms with Crippen molar-refractivity contribution in [2.75, 3.05) is 13.1 Å². The summed E-state index contributed by atoms with van der Waals surface area (Å²) in [4.78, 5) is 0.278. The molecule has 0 atom stereocenters. The van der Waals surface area contributed by atoms with Crippen LogP contribution in [0.1, 0.15) is 25.2 Å². The van der Waals surface area contributed by atoms with Crippen LogP contribution in [0, 0.1) is 13.8 Å². The topological polar surface area (TPSA) is 66.1 Å². The number of nitrogens with one attached hydrogen (secondary N) is 1. The van der Waals surface area contributed by atoms with E-state index in [2.05, 4.69) is 16.8 Å². The van der Waals surface area contributed by atoms with Gasteiger partial charge in [0.25, 0.3) is 0 Å². The smallest absolute Gasteiger partial charge is 0.247 e. The molecule has 0 aliphatic rings. The molecule has 0 saturated carbocycles. The highest BCUT2D eigenvalue weighted by Gasteiger charge is 2.28. The Morgan fingerprint density at radius 1 is 1.47 bits per heavy atom. The van der Waals surface area contributed by atoms with Crippen LogP contribution in [0.15, 0.2) is 17.0 Å². The number of aromatic amines is 1. The second kappa shape index (κ2) is 5.01. The maximum absolute atomic E-state index is 12.4. The number of aryl methyl sites for hydroxylation is 2. The number of sulfonamides is 1. The van der Waals surface area contributed by atoms with E-state index in [9.17, 15) is 8.42 Å². The Labute approximate surface area is 103 Å². The van der Waals surface area contributed by atoms with Crippen molar-refractivity contribution in [2.24, 2.45) is 0 Å². The minimum Gasteiger partial charge on any atom is -0.281 e. The van der Waals surface area contributed by atoms with Gasteiger partial charge in [0.1, 0.15) is 4.90 Å². The van der Waals surface area contributed by atoms with Gasteiger partial charge in [0.15, 0.2) is 0 Å². The fraction of sp³-hybridized carbons (Fsp3) is 0.545. The third kappa shape index (κ3) is 2.76. The molecule has 17 heavy (non-hydrogen) atoms. The minimum absolute atomic E-state index is 0.278. The van der Waals surface area contributed by atoms with E-state index in [1.807, 2.05) is 13.8 Å². The van der Waals surface area contributed by atoms with E-state index < -0.39 is 10.0 Å². The Morgan fingerprint density at radius 3 is 2.41 bits per heavy atom. The first-order valence-corrected chi connectivity index (χ1v) is 6.90. The maximum atomic E-state index is 12.4. The number of likely N-dealkylation sites (N-methyl/N-ethyl adjacent to an activating group) is 1. The van der Waals surface area contributed by atoms with Gasteiger partial charge in [0.05, 0.1) is 11.4 Å². The van der Waals surface area contributed by atoms with Gasteiger partial charge in [-0.25, -0.2) is 8.42 Å². The van der Waals surface area contributed by atoms with Crippen molar-refractivity contribution in [3.63, 3.8) is 0 Å². The van der Waals surface area contributed by atoms with E-state index in [-0.39, 0.29) is 4.90 Å². The van der Waals surface area contributed by atoms with Crippen molar-refractivity contribution in [3.8, 4) is 0 Å². The molecular formula is C11H19N3O2S. The molecular weight excluding hydrogens is 238 g/mol. The molecule has 1 heterocycles. The lowest BCUT2D eigenvalue weighted by Crippen LogP contribution is -2.32. The van der Waals surface area contributed by atoms with E-state index in [1.54, 1.807) is 13.8 Å². The van der Waals surface area contributed by atoms with Crippen LogP contribution in [0.5, 0.6) is 0 Å². The monoisotopic (exact) mass is 257 g/mol. The zero-order valence-electron chi connectivity index (χ0n) is 10.7. The molecule has 1 N–H and O–H groups in total. The molecule has 0 amide bonds. The van der Waals surface area contributed by atoms with Gasteiger partial charge < -0.3 is 0 Å². The van der Waals surface area contributed by atoms with Gasteiger partial charge in [-0.05, 0) is 20.8 Å². The fourth-order valence-electron chi connectivity index (χ4n) is 1.72. The maximum Gasteiger partial charge on any atom is 0.247 e. The van der Waals surface area contributed by atoms with Gasteiger partial charge in [0.2, 0.25) is 10.0 Å². The van der Waals surface area contributed by atoms with E-state index in [4.69, 9.17) is 0 Å². The van der Waals surface area contributed by atoms with Crippen LogP contribution >= 0.6 is 0 Å². The van der Waals surface area contributed by atoms with Gasteiger partial charge >= 0.3 is 0 Å². The van der Waals surface area contributed by atoms with Gasteiger partial charge in [-0.3, -0.25) is 5.10 Å². The Balaban J connectivity index is 3.22. The summed E-state index contributed by atoms with van der Waals surface area (Å²) in [6.07, 6.45) is 0. The normalized spacial score (nSPS) is 12.1. The van der Waals surface area contributed by atoms with Gasteiger partial charge in [-0.2, -0.15) is 9.40 Å². The molecule has 0 unspecified atom stereocenters. The highest BCUT2D eigenvalue weighted by Crippen LogP contribution is 2.21. The second-order valence-corrected chi connectivity index (χ2v) is 6.03. The minimum atomic E-state index is -3.49. The highest BCUT2D eigenvalue weighted by atomic mass is 32.2. The van der Waals surface area contributed by atoms with E-state index in [0.29, 0.717) is 24.5 Å². The molecule has 0 aliphatic carbocycles.